The van der Waals surface area contributed by atoms with Gasteiger partial charge in [-0.25, -0.2) is 4.98 Å². The second-order valence-corrected chi connectivity index (χ2v) is 5.80. The summed E-state index contributed by atoms with van der Waals surface area (Å²) in [6, 6.07) is 7.66. The number of hydrogen-bond acceptors (Lipinski definition) is 5. The second kappa shape index (κ2) is 6.13. The lowest BCUT2D eigenvalue weighted by atomic mass is 10.1. The van der Waals surface area contributed by atoms with Crippen LogP contribution < -0.4 is 9.47 Å². The maximum atomic E-state index is 11.9. The van der Waals surface area contributed by atoms with Gasteiger partial charge in [-0.2, -0.15) is 0 Å². The number of likely N-dealkylation sites (tertiary alicyclic amines) is 1. The molecule has 1 saturated heterocycles. The monoisotopic (exact) mass is 304 g/mol. The van der Waals surface area contributed by atoms with E-state index in [2.05, 4.69) is 4.98 Å². The molecule has 3 rings (SSSR count). The number of hydrogen-bond donors (Lipinski definition) is 0. The summed E-state index contributed by atoms with van der Waals surface area (Å²) in [5.41, 5.74) is 1.17. The fourth-order valence-corrected chi connectivity index (χ4v) is 2.55. The van der Waals surface area contributed by atoms with Gasteiger partial charge in [-0.3, -0.25) is 4.79 Å². The van der Waals surface area contributed by atoms with E-state index in [9.17, 15) is 4.79 Å². The molecule has 0 atom stereocenters. The highest BCUT2D eigenvalue weighted by Crippen LogP contribution is 2.20. The molecule has 5 nitrogen and oxygen atoms in total. The zero-order valence-corrected chi connectivity index (χ0v) is 12.5. The molecule has 2 heterocycles. The number of aromatic nitrogens is 1. The predicted octanol–water partition coefficient (Wildman–Crippen LogP) is 2.12. The van der Waals surface area contributed by atoms with E-state index in [0.717, 1.165) is 0 Å². The molecule has 21 heavy (non-hydrogen) atoms. The molecule has 6 heteroatoms. The summed E-state index contributed by atoms with van der Waals surface area (Å²) < 4.78 is 11.1. The molecule has 0 saturated carbocycles. The Balaban J connectivity index is 1.40. The maximum Gasteiger partial charge on any atom is 0.273 e. The van der Waals surface area contributed by atoms with Crippen molar-refractivity contribution in [2.45, 2.75) is 13.0 Å². The number of nitrogens with zero attached hydrogens (tertiary/aromatic N) is 2. The predicted molar refractivity (Wildman–Crippen MR) is 79.8 cm³/mol. The molecule has 110 valence electrons. The molecule has 0 N–H and O–H groups in total. The lowest BCUT2D eigenvalue weighted by Crippen LogP contribution is -2.57. The van der Waals surface area contributed by atoms with Gasteiger partial charge in [0, 0.05) is 11.6 Å². The van der Waals surface area contributed by atoms with Crippen LogP contribution in [0.1, 0.15) is 5.56 Å². The molecule has 2 aromatic rings. The highest BCUT2D eigenvalue weighted by atomic mass is 32.1. The van der Waals surface area contributed by atoms with Crippen LogP contribution in [0.2, 0.25) is 0 Å². The molecule has 1 aliphatic heterocycles. The molecule has 0 radical (unpaired) electrons. The number of amides is 1. The fourth-order valence-electron chi connectivity index (χ4n) is 2.00. The van der Waals surface area contributed by atoms with Gasteiger partial charge in [0.05, 0.1) is 13.1 Å². The van der Waals surface area contributed by atoms with Crippen molar-refractivity contribution in [3.8, 4) is 10.9 Å². The Morgan fingerprint density at radius 2 is 2.14 bits per heavy atom. The van der Waals surface area contributed by atoms with Gasteiger partial charge < -0.3 is 14.4 Å². The highest BCUT2D eigenvalue weighted by Gasteiger charge is 2.32. The smallest absolute Gasteiger partial charge is 0.273 e. The normalized spacial score (nSPS) is 14.6. The van der Waals surface area contributed by atoms with Crippen LogP contribution in [0.25, 0.3) is 0 Å². The van der Waals surface area contributed by atoms with Crippen molar-refractivity contribution >= 4 is 17.2 Å². The number of ether oxygens (including phenoxy) is 2. The van der Waals surface area contributed by atoms with Crippen molar-refractivity contribution in [2.75, 3.05) is 19.7 Å². The van der Waals surface area contributed by atoms with Crippen molar-refractivity contribution in [1.29, 1.82) is 0 Å². The molecule has 0 unspecified atom stereocenters. The Kier molecular flexibility index (Phi) is 4.06. The minimum absolute atomic E-state index is 0.0189. The van der Waals surface area contributed by atoms with E-state index in [1.54, 1.807) is 11.1 Å². The zero-order chi connectivity index (χ0) is 14.7. The van der Waals surface area contributed by atoms with Crippen LogP contribution in [-0.2, 0) is 4.79 Å². The second-order valence-electron chi connectivity index (χ2n) is 4.94. The third kappa shape index (κ3) is 3.52. The molecular weight excluding hydrogens is 288 g/mol. The molecule has 0 bridgehead atoms. The van der Waals surface area contributed by atoms with E-state index in [4.69, 9.17) is 9.47 Å². The summed E-state index contributed by atoms with van der Waals surface area (Å²) >= 11 is 1.46. The third-order valence-corrected chi connectivity index (χ3v) is 3.92. The van der Waals surface area contributed by atoms with Crippen molar-refractivity contribution in [3.05, 3.63) is 41.4 Å². The number of aryl methyl sites for hydroxylation is 1. The Morgan fingerprint density at radius 1 is 1.38 bits per heavy atom. The highest BCUT2D eigenvalue weighted by molar-refractivity contribution is 7.11. The van der Waals surface area contributed by atoms with Gasteiger partial charge in [-0.1, -0.05) is 29.0 Å². The van der Waals surface area contributed by atoms with Crippen LogP contribution in [-0.4, -0.2) is 41.6 Å². The molecular formula is C15H16N2O3S. The molecule has 1 aliphatic rings. The minimum atomic E-state index is -0.0189. The summed E-state index contributed by atoms with van der Waals surface area (Å²) in [6.07, 6.45) is 1.75. The van der Waals surface area contributed by atoms with Crippen LogP contribution in [0.3, 0.4) is 0 Å². The number of carbonyl (C=O) groups excluding carboxylic acids is 1. The van der Waals surface area contributed by atoms with E-state index in [1.807, 2.05) is 36.6 Å². The SMILES string of the molecule is Cc1ccc(OCC(=O)N2CC(Oc3nccs3)C2)cc1. The maximum absolute atomic E-state index is 11.9. The van der Waals surface area contributed by atoms with Gasteiger partial charge in [-0.15, -0.1) is 0 Å². The zero-order valence-electron chi connectivity index (χ0n) is 11.7. The first-order valence-electron chi connectivity index (χ1n) is 6.74. The van der Waals surface area contributed by atoms with E-state index in [1.165, 1.54) is 16.9 Å². The Morgan fingerprint density at radius 3 is 2.81 bits per heavy atom. The van der Waals surface area contributed by atoms with Crippen molar-refractivity contribution < 1.29 is 14.3 Å². The number of benzene rings is 1. The van der Waals surface area contributed by atoms with Gasteiger partial charge in [0.25, 0.3) is 11.1 Å². The molecule has 1 amide bonds. The molecule has 0 aliphatic carbocycles. The van der Waals surface area contributed by atoms with Crippen LogP contribution in [0.4, 0.5) is 0 Å². The third-order valence-electron chi connectivity index (χ3n) is 3.26. The van der Waals surface area contributed by atoms with E-state index < -0.39 is 0 Å². The van der Waals surface area contributed by atoms with Crippen LogP contribution in [0, 0.1) is 6.92 Å². The number of thiazole rings is 1. The van der Waals surface area contributed by atoms with Gasteiger partial charge in [-0.05, 0) is 19.1 Å². The van der Waals surface area contributed by atoms with Crippen molar-refractivity contribution in [1.82, 2.24) is 9.88 Å². The van der Waals surface area contributed by atoms with E-state index in [-0.39, 0.29) is 18.6 Å². The van der Waals surface area contributed by atoms with Crippen molar-refractivity contribution in [2.24, 2.45) is 0 Å². The average molecular weight is 304 g/mol. The van der Waals surface area contributed by atoms with Gasteiger partial charge in [0.15, 0.2) is 6.61 Å². The quantitative estimate of drug-likeness (QED) is 0.849. The largest absolute Gasteiger partial charge is 0.484 e. The van der Waals surface area contributed by atoms with Gasteiger partial charge in [0.1, 0.15) is 11.9 Å². The van der Waals surface area contributed by atoms with Crippen molar-refractivity contribution in [3.63, 3.8) is 0 Å². The first-order chi connectivity index (χ1) is 10.2. The Labute approximate surface area is 127 Å². The first kappa shape index (κ1) is 13.9. The number of rotatable bonds is 5. The summed E-state index contributed by atoms with van der Waals surface area (Å²) in [5, 5.41) is 2.52. The van der Waals surface area contributed by atoms with Crippen LogP contribution >= 0.6 is 11.3 Å². The lowest BCUT2D eigenvalue weighted by molar-refractivity contribution is -0.142. The summed E-state index contributed by atoms with van der Waals surface area (Å²) in [4.78, 5) is 17.7. The minimum Gasteiger partial charge on any atom is -0.484 e. The van der Waals surface area contributed by atoms with E-state index in [0.29, 0.717) is 24.0 Å². The Hall–Kier alpha value is -2.08. The van der Waals surface area contributed by atoms with Crippen LogP contribution in [0.5, 0.6) is 10.9 Å². The van der Waals surface area contributed by atoms with Gasteiger partial charge >= 0.3 is 0 Å². The molecule has 1 aromatic carbocycles. The topological polar surface area (TPSA) is 51.7 Å². The Bertz CT molecular complexity index is 592. The summed E-state index contributed by atoms with van der Waals surface area (Å²) in [5.74, 6) is 0.694. The van der Waals surface area contributed by atoms with Gasteiger partial charge in [0.2, 0.25) is 0 Å². The number of carbonyl (C=O) groups is 1. The molecule has 1 aromatic heterocycles. The van der Waals surface area contributed by atoms with Crippen LogP contribution in [0.15, 0.2) is 35.8 Å². The lowest BCUT2D eigenvalue weighted by Gasteiger charge is -2.38. The fraction of sp³-hybridized carbons (Fsp3) is 0.333. The average Bonchev–Trinajstić information content (AvgIpc) is 2.94. The van der Waals surface area contributed by atoms with E-state index >= 15 is 0 Å². The molecule has 0 spiro atoms. The molecule has 1 fully saturated rings. The summed E-state index contributed by atoms with van der Waals surface area (Å²) in [7, 11) is 0. The standard InChI is InChI=1S/C15H16N2O3S/c1-11-2-4-12(5-3-11)19-10-14(18)17-8-13(9-17)20-15-16-6-7-21-15/h2-7,13H,8-10H2,1H3. The summed E-state index contributed by atoms with van der Waals surface area (Å²) in [6.45, 7) is 3.26. The first-order valence-corrected chi connectivity index (χ1v) is 7.62.